The third-order valence-electron chi connectivity index (χ3n) is 2.79. The standard InChI is InChI=1S/C12H14ClN3O/c1-14-12(17)11(16-13)6-8-7-15-10-5-3-2-4-9(8)10/h2-5,7,11,15-16H,6H2,1H3,(H,14,17). The number of halogens is 1. The van der Waals surface area contributed by atoms with Crippen molar-refractivity contribution in [2.45, 2.75) is 12.5 Å². The Morgan fingerprint density at radius 2 is 2.24 bits per heavy atom. The zero-order valence-electron chi connectivity index (χ0n) is 9.46. The number of carbonyl (C=O) groups excluding carboxylic acids is 1. The molecule has 1 aromatic carbocycles. The number of aromatic nitrogens is 1. The van der Waals surface area contributed by atoms with E-state index in [1.165, 1.54) is 0 Å². The van der Waals surface area contributed by atoms with Gasteiger partial charge in [-0.2, -0.15) is 0 Å². The minimum atomic E-state index is -0.430. The first-order chi connectivity index (χ1) is 8.26. The molecule has 1 heterocycles. The van der Waals surface area contributed by atoms with Crippen molar-refractivity contribution in [3.8, 4) is 0 Å². The first-order valence-corrected chi connectivity index (χ1v) is 5.76. The molecule has 1 aromatic heterocycles. The molecule has 4 nitrogen and oxygen atoms in total. The highest BCUT2D eigenvalue weighted by Crippen LogP contribution is 2.19. The van der Waals surface area contributed by atoms with Crippen LogP contribution < -0.4 is 10.2 Å². The molecule has 0 saturated heterocycles. The Labute approximate surface area is 104 Å². The SMILES string of the molecule is CNC(=O)C(Cc1c[nH]c2ccccc12)NCl. The number of hydrogen-bond donors (Lipinski definition) is 3. The number of likely N-dealkylation sites (N-methyl/N-ethyl adjacent to an activating group) is 1. The lowest BCUT2D eigenvalue weighted by Gasteiger charge is -2.12. The molecule has 90 valence electrons. The van der Waals surface area contributed by atoms with Gasteiger partial charge in [0.2, 0.25) is 5.91 Å². The van der Waals surface area contributed by atoms with Crippen molar-refractivity contribution in [1.29, 1.82) is 0 Å². The Bertz CT molecular complexity index is 523. The molecule has 5 heteroatoms. The topological polar surface area (TPSA) is 56.9 Å². The van der Waals surface area contributed by atoms with Crippen LogP contribution in [0, 0.1) is 0 Å². The van der Waals surface area contributed by atoms with Gasteiger partial charge in [0.15, 0.2) is 0 Å². The summed E-state index contributed by atoms with van der Waals surface area (Å²) < 4.78 is 0. The maximum Gasteiger partial charge on any atom is 0.238 e. The highest BCUT2D eigenvalue weighted by Gasteiger charge is 2.17. The molecule has 0 saturated carbocycles. The summed E-state index contributed by atoms with van der Waals surface area (Å²) in [6.45, 7) is 0. The van der Waals surface area contributed by atoms with Gasteiger partial charge >= 0.3 is 0 Å². The first-order valence-electron chi connectivity index (χ1n) is 5.39. The number of H-pyrrole nitrogens is 1. The molecular weight excluding hydrogens is 238 g/mol. The van der Waals surface area contributed by atoms with E-state index < -0.39 is 6.04 Å². The van der Waals surface area contributed by atoms with Crippen molar-refractivity contribution in [2.24, 2.45) is 0 Å². The van der Waals surface area contributed by atoms with Crippen LogP contribution in [0.3, 0.4) is 0 Å². The van der Waals surface area contributed by atoms with Gasteiger partial charge in [0.25, 0.3) is 0 Å². The van der Waals surface area contributed by atoms with Gasteiger partial charge in [-0.3, -0.25) is 4.79 Å². The summed E-state index contributed by atoms with van der Waals surface area (Å²) in [5.74, 6) is -0.120. The van der Waals surface area contributed by atoms with Gasteiger partial charge in [0.05, 0.1) is 0 Å². The Morgan fingerprint density at radius 3 is 2.94 bits per heavy atom. The minimum absolute atomic E-state index is 0.120. The minimum Gasteiger partial charge on any atom is -0.361 e. The van der Waals surface area contributed by atoms with E-state index in [1.54, 1.807) is 7.05 Å². The summed E-state index contributed by atoms with van der Waals surface area (Å²) in [7, 11) is 1.60. The average Bonchev–Trinajstić information content (AvgIpc) is 2.78. The molecule has 0 fully saturated rings. The van der Waals surface area contributed by atoms with Gasteiger partial charge < -0.3 is 10.3 Å². The number of fused-ring (bicyclic) bond motifs is 1. The third kappa shape index (κ3) is 2.43. The van der Waals surface area contributed by atoms with Crippen LogP contribution in [0.5, 0.6) is 0 Å². The molecule has 1 atom stereocenters. The molecule has 0 spiro atoms. The Kier molecular flexibility index (Phi) is 3.66. The van der Waals surface area contributed by atoms with E-state index in [9.17, 15) is 4.79 Å². The molecule has 17 heavy (non-hydrogen) atoms. The summed E-state index contributed by atoms with van der Waals surface area (Å²) in [5.41, 5.74) is 2.13. The van der Waals surface area contributed by atoms with E-state index in [1.807, 2.05) is 30.5 Å². The first kappa shape index (κ1) is 12.0. The lowest BCUT2D eigenvalue weighted by Crippen LogP contribution is -2.40. The third-order valence-corrected chi connectivity index (χ3v) is 3.06. The number of para-hydroxylation sites is 1. The second-order valence-corrected chi connectivity index (χ2v) is 4.06. The molecule has 0 aliphatic rings. The maximum atomic E-state index is 11.5. The molecule has 0 radical (unpaired) electrons. The monoisotopic (exact) mass is 251 g/mol. The second kappa shape index (κ2) is 5.21. The average molecular weight is 252 g/mol. The maximum absolute atomic E-state index is 11.5. The van der Waals surface area contributed by atoms with Crippen LogP contribution in [0.4, 0.5) is 0 Å². The normalized spacial score (nSPS) is 12.6. The summed E-state index contributed by atoms with van der Waals surface area (Å²) >= 11 is 5.59. The number of nitrogens with one attached hydrogen (secondary N) is 3. The van der Waals surface area contributed by atoms with Crippen LogP contribution in [-0.2, 0) is 11.2 Å². The summed E-state index contributed by atoms with van der Waals surface area (Å²) in [6.07, 6.45) is 2.46. The smallest absolute Gasteiger partial charge is 0.238 e. The van der Waals surface area contributed by atoms with Gasteiger partial charge in [0, 0.05) is 30.6 Å². The van der Waals surface area contributed by atoms with Crippen molar-refractivity contribution in [3.63, 3.8) is 0 Å². The van der Waals surface area contributed by atoms with Crippen LogP contribution in [0.1, 0.15) is 5.56 Å². The molecule has 2 aromatic rings. The van der Waals surface area contributed by atoms with Gasteiger partial charge in [-0.05, 0) is 23.4 Å². The van der Waals surface area contributed by atoms with Gasteiger partial charge in [-0.1, -0.05) is 18.2 Å². The molecular formula is C12H14ClN3O. The Morgan fingerprint density at radius 1 is 1.47 bits per heavy atom. The second-order valence-electron chi connectivity index (χ2n) is 3.84. The van der Waals surface area contributed by atoms with E-state index in [-0.39, 0.29) is 5.91 Å². The number of rotatable bonds is 4. The molecule has 0 aliphatic heterocycles. The Hall–Kier alpha value is -1.52. The number of hydrogen-bond acceptors (Lipinski definition) is 2. The van der Waals surface area contributed by atoms with E-state index in [0.717, 1.165) is 16.5 Å². The van der Waals surface area contributed by atoms with E-state index in [2.05, 4.69) is 15.1 Å². The van der Waals surface area contributed by atoms with Crippen LogP contribution >= 0.6 is 11.8 Å². The molecule has 2 rings (SSSR count). The summed E-state index contributed by atoms with van der Waals surface area (Å²) in [6, 6.07) is 7.54. The van der Waals surface area contributed by atoms with Crippen molar-refractivity contribution in [2.75, 3.05) is 7.05 Å². The zero-order chi connectivity index (χ0) is 12.3. The lowest BCUT2D eigenvalue weighted by atomic mass is 10.1. The fourth-order valence-corrected chi connectivity index (χ4v) is 2.05. The van der Waals surface area contributed by atoms with Crippen LogP contribution in [0.2, 0.25) is 0 Å². The van der Waals surface area contributed by atoms with Crippen molar-refractivity contribution in [3.05, 3.63) is 36.0 Å². The molecule has 0 bridgehead atoms. The highest BCUT2D eigenvalue weighted by atomic mass is 35.5. The van der Waals surface area contributed by atoms with Crippen molar-refractivity contribution >= 4 is 28.6 Å². The highest BCUT2D eigenvalue weighted by molar-refractivity contribution is 6.15. The molecule has 3 N–H and O–H groups in total. The Balaban J connectivity index is 2.25. The largest absolute Gasteiger partial charge is 0.361 e. The van der Waals surface area contributed by atoms with E-state index >= 15 is 0 Å². The molecule has 1 unspecified atom stereocenters. The summed E-state index contributed by atoms with van der Waals surface area (Å²) in [5, 5.41) is 3.70. The van der Waals surface area contributed by atoms with Gasteiger partial charge in [0.1, 0.15) is 6.04 Å². The van der Waals surface area contributed by atoms with Crippen molar-refractivity contribution < 1.29 is 4.79 Å². The van der Waals surface area contributed by atoms with Gasteiger partial charge in [-0.25, -0.2) is 4.84 Å². The number of amides is 1. The van der Waals surface area contributed by atoms with Crippen LogP contribution in [0.25, 0.3) is 10.9 Å². The molecule has 0 aliphatic carbocycles. The quantitative estimate of drug-likeness (QED) is 0.723. The lowest BCUT2D eigenvalue weighted by molar-refractivity contribution is -0.122. The number of benzene rings is 1. The summed E-state index contributed by atoms with van der Waals surface area (Å²) in [4.78, 5) is 17.2. The fraction of sp³-hybridized carbons (Fsp3) is 0.250. The molecule has 1 amide bonds. The predicted octanol–water partition coefficient (Wildman–Crippen LogP) is 1.57. The van der Waals surface area contributed by atoms with E-state index in [4.69, 9.17) is 11.8 Å². The van der Waals surface area contributed by atoms with Crippen LogP contribution in [-0.4, -0.2) is 24.0 Å². The number of carbonyl (C=O) groups is 1. The van der Waals surface area contributed by atoms with Gasteiger partial charge in [-0.15, -0.1) is 0 Å². The number of aromatic amines is 1. The van der Waals surface area contributed by atoms with E-state index in [0.29, 0.717) is 6.42 Å². The van der Waals surface area contributed by atoms with Crippen LogP contribution in [0.15, 0.2) is 30.5 Å². The van der Waals surface area contributed by atoms with Crippen molar-refractivity contribution in [1.82, 2.24) is 15.1 Å². The zero-order valence-corrected chi connectivity index (χ0v) is 10.2. The predicted molar refractivity (Wildman–Crippen MR) is 68.8 cm³/mol. The fourth-order valence-electron chi connectivity index (χ4n) is 1.88.